The summed E-state index contributed by atoms with van der Waals surface area (Å²) in [5.74, 6) is -0.00158. The van der Waals surface area contributed by atoms with Crippen molar-refractivity contribution in [3.63, 3.8) is 0 Å². The van der Waals surface area contributed by atoms with Crippen molar-refractivity contribution in [2.45, 2.75) is 25.7 Å². The lowest BCUT2D eigenvalue weighted by molar-refractivity contribution is -0.131. The Balaban J connectivity index is 2.19. The van der Waals surface area contributed by atoms with Gasteiger partial charge >= 0.3 is 5.97 Å². The quantitative estimate of drug-likeness (QED) is 0.582. The Bertz CT molecular complexity index is 366. The molecule has 0 fully saturated rings. The topological polar surface area (TPSA) is 46.5 Å². The first-order valence-corrected chi connectivity index (χ1v) is 5.75. The van der Waals surface area contributed by atoms with E-state index in [1.165, 1.54) is 11.6 Å². The lowest BCUT2D eigenvalue weighted by atomic mass is 10.1. The van der Waals surface area contributed by atoms with Gasteiger partial charge in [-0.15, -0.1) is 0 Å². The van der Waals surface area contributed by atoms with E-state index in [1.807, 2.05) is 12.1 Å². The second-order valence-corrected chi connectivity index (χ2v) is 3.83. The van der Waals surface area contributed by atoms with Gasteiger partial charge in [-0.05, 0) is 43.4 Å². The summed E-state index contributed by atoms with van der Waals surface area (Å²) >= 11 is 0. The smallest absolute Gasteiger partial charge is 0.327 e. The first-order valence-electron chi connectivity index (χ1n) is 5.75. The molecule has 0 radical (unpaired) electrons. The summed E-state index contributed by atoms with van der Waals surface area (Å²) in [7, 11) is 1.66. The average Bonchev–Trinajstić information content (AvgIpc) is 2.34. The van der Waals surface area contributed by atoms with Gasteiger partial charge in [0, 0.05) is 6.08 Å². The minimum Gasteiger partial charge on any atom is -0.497 e. The van der Waals surface area contributed by atoms with Crippen LogP contribution in [-0.2, 0) is 11.2 Å². The molecule has 0 amide bonds. The molecule has 3 heteroatoms. The maximum Gasteiger partial charge on any atom is 0.327 e. The van der Waals surface area contributed by atoms with Crippen molar-refractivity contribution in [1.29, 1.82) is 0 Å². The van der Waals surface area contributed by atoms with Crippen molar-refractivity contribution in [3.05, 3.63) is 42.0 Å². The molecular weight excluding hydrogens is 216 g/mol. The molecule has 0 aliphatic heterocycles. The number of hydrogen-bond acceptors (Lipinski definition) is 2. The zero-order valence-corrected chi connectivity index (χ0v) is 10.1. The van der Waals surface area contributed by atoms with E-state index in [1.54, 1.807) is 13.2 Å². The summed E-state index contributed by atoms with van der Waals surface area (Å²) in [4.78, 5) is 10.2. The number of aliphatic carboxylic acids is 1. The van der Waals surface area contributed by atoms with Crippen molar-refractivity contribution >= 4 is 5.97 Å². The van der Waals surface area contributed by atoms with E-state index in [2.05, 4.69) is 12.1 Å². The van der Waals surface area contributed by atoms with Gasteiger partial charge in [-0.25, -0.2) is 4.79 Å². The summed E-state index contributed by atoms with van der Waals surface area (Å²) in [6.07, 6.45) is 6.82. The van der Waals surface area contributed by atoms with Gasteiger partial charge in [-0.3, -0.25) is 0 Å². The van der Waals surface area contributed by atoms with Crippen LogP contribution < -0.4 is 4.74 Å². The van der Waals surface area contributed by atoms with Gasteiger partial charge in [0.05, 0.1) is 7.11 Å². The van der Waals surface area contributed by atoms with Crippen molar-refractivity contribution in [1.82, 2.24) is 0 Å². The van der Waals surface area contributed by atoms with Crippen molar-refractivity contribution in [2.75, 3.05) is 7.11 Å². The van der Waals surface area contributed by atoms with Crippen LogP contribution in [0.5, 0.6) is 5.75 Å². The number of methoxy groups -OCH3 is 1. The molecule has 0 spiro atoms. The van der Waals surface area contributed by atoms with Crippen molar-refractivity contribution in [2.24, 2.45) is 0 Å². The molecule has 17 heavy (non-hydrogen) atoms. The number of carboxylic acids is 1. The van der Waals surface area contributed by atoms with Crippen LogP contribution in [0.15, 0.2) is 36.4 Å². The van der Waals surface area contributed by atoms with Gasteiger partial charge in [0.25, 0.3) is 0 Å². The van der Waals surface area contributed by atoms with Crippen LogP contribution >= 0.6 is 0 Å². The highest BCUT2D eigenvalue weighted by Gasteiger charge is 1.94. The van der Waals surface area contributed by atoms with Crippen molar-refractivity contribution < 1.29 is 14.6 Å². The van der Waals surface area contributed by atoms with E-state index in [4.69, 9.17) is 9.84 Å². The molecule has 0 saturated heterocycles. The summed E-state index contributed by atoms with van der Waals surface area (Å²) in [5, 5.41) is 8.40. The second kappa shape index (κ2) is 7.49. The fourth-order valence-corrected chi connectivity index (χ4v) is 1.57. The fraction of sp³-hybridized carbons (Fsp3) is 0.357. The molecule has 92 valence electrons. The predicted molar refractivity (Wildman–Crippen MR) is 67.3 cm³/mol. The van der Waals surface area contributed by atoms with Crippen molar-refractivity contribution in [3.8, 4) is 5.75 Å². The summed E-state index contributed by atoms with van der Waals surface area (Å²) in [6, 6.07) is 8.04. The molecule has 0 aliphatic rings. The molecule has 0 aliphatic carbocycles. The zero-order chi connectivity index (χ0) is 12.5. The van der Waals surface area contributed by atoms with Gasteiger partial charge in [0.15, 0.2) is 0 Å². The van der Waals surface area contributed by atoms with E-state index in [9.17, 15) is 4.79 Å². The Morgan fingerprint density at radius 2 is 2.00 bits per heavy atom. The zero-order valence-electron chi connectivity index (χ0n) is 10.1. The average molecular weight is 234 g/mol. The highest BCUT2D eigenvalue weighted by molar-refractivity contribution is 5.79. The van der Waals surface area contributed by atoms with Gasteiger partial charge in [0.2, 0.25) is 0 Å². The molecular formula is C14H18O3. The molecule has 1 aromatic rings. The highest BCUT2D eigenvalue weighted by atomic mass is 16.5. The summed E-state index contributed by atoms with van der Waals surface area (Å²) in [6.45, 7) is 0. The first kappa shape index (κ1) is 13.3. The summed E-state index contributed by atoms with van der Waals surface area (Å²) in [5.41, 5.74) is 1.29. The number of ether oxygens (including phenoxy) is 1. The third kappa shape index (κ3) is 5.76. The SMILES string of the molecule is COc1ccc(CCCC/C=C/C(=O)O)cc1. The maximum atomic E-state index is 10.2. The molecule has 0 heterocycles. The van der Waals surface area contributed by atoms with Crippen LogP contribution in [0, 0.1) is 0 Å². The molecule has 0 bridgehead atoms. The third-order valence-corrected chi connectivity index (χ3v) is 2.51. The van der Waals surface area contributed by atoms with Crippen LogP contribution in [-0.4, -0.2) is 18.2 Å². The molecule has 0 atom stereocenters. The van der Waals surface area contributed by atoms with Gasteiger partial charge in [-0.2, -0.15) is 0 Å². The Morgan fingerprint density at radius 1 is 1.29 bits per heavy atom. The number of benzene rings is 1. The molecule has 0 saturated carbocycles. The van der Waals surface area contributed by atoms with E-state index < -0.39 is 5.97 Å². The molecule has 0 aromatic heterocycles. The largest absolute Gasteiger partial charge is 0.497 e. The van der Waals surface area contributed by atoms with Gasteiger partial charge < -0.3 is 9.84 Å². The van der Waals surface area contributed by atoms with Crippen LogP contribution in [0.3, 0.4) is 0 Å². The normalized spacial score (nSPS) is 10.6. The molecule has 1 rings (SSSR count). The van der Waals surface area contributed by atoms with Crippen LogP contribution in [0.1, 0.15) is 24.8 Å². The minimum absolute atomic E-state index is 0.822. The Morgan fingerprint density at radius 3 is 2.59 bits per heavy atom. The second-order valence-electron chi connectivity index (χ2n) is 3.83. The van der Waals surface area contributed by atoms with Crippen LogP contribution in [0.2, 0.25) is 0 Å². The first-order chi connectivity index (χ1) is 8.22. The number of aryl methyl sites for hydroxylation is 1. The predicted octanol–water partition coefficient (Wildman–Crippen LogP) is 3.05. The van der Waals surface area contributed by atoms with Crippen LogP contribution in [0.25, 0.3) is 0 Å². The number of carboxylic acid groups (broad SMARTS) is 1. The minimum atomic E-state index is -0.875. The molecule has 1 N–H and O–H groups in total. The molecule has 0 unspecified atom stereocenters. The number of carbonyl (C=O) groups is 1. The van der Waals surface area contributed by atoms with E-state index in [0.717, 1.165) is 31.4 Å². The van der Waals surface area contributed by atoms with E-state index in [0.29, 0.717) is 0 Å². The Labute approximate surface area is 102 Å². The highest BCUT2D eigenvalue weighted by Crippen LogP contribution is 2.13. The number of unbranched alkanes of at least 4 members (excludes halogenated alkanes) is 2. The number of hydrogen-bond donors (Lipinski definition) is 1. The third-order valence-electron chi connectivity index (χ3n) is 2.51. The van der Waals surface area contributed by atoms with Gasteiger partial charge in [-0.1, -0.05) is 18.2 Å². The molecule has 3 nitrogen and oxygen atoms in total. The monoisotopic (exact) mass is 234 g/mol. The lowest BCUT2D eigenvalue weighted by Gasteiger charge is -2.02. The van der Waals surface area contributed by atoms with E-state index in [-0.39, 0.29) is 0 Å². The standard InChI is InChI=1S/C14H18O3/c1-17-13-10-8-12(9-11-13)6-4-2-3-5-7-14(15)16/h5,7-11H,2-4,6H2,1H3,(H,15,16)/b7-5+. The lowest BCUT2D eigenvalue weighted by Crippen LogP contribution is -1.88. The Kier molecular flexibility index (Phi) is 5.86. The summed E-state index contributed by atoms with van der Waals surface area (Å²) < 4.78 is 5.08. The number of allylic oxidation sites excluding steroid dienone is 1. The van der Waals surface area contributed by atoms with E-state index >= 15 is 0 Å². The molecule has 1 aromatic carbocycles. The number of rotatable bonds is 7. The maximum absolute atomic E-state index is 10.2. The van der Waals surface area contributed by atoms with Crippen LogP contribution in [0.4, 0.5) is 0 Å². The van der Waals surface area contributed by atoms with Gasteiger partial charge in [0.1, 0.15) is 5.75 Å². The Hall–Kier alpha value is -1.77. The fourth-order valence-electron chi connectivity index (χ4n) is 1.57.